The summed E-state index contributed by atoms with van der Waals surface area (Å²) in [5.74, 6) is 0. The van der Waals surface area contributed by atoms with E-state index in [2.05, 4.69) is 0 Å². The first-order valence-corrected chi connectivity index (χ1v) is 3.00. The summed E-state index contributed by atoms with van der Waals surface area (Å²) in [6.45, 7) is 0. The molecule has 0 aliphatic heterocycles. The van der Waals surface area contributed by atoms with Crippen molar-refractivity contribution in [2.24, 2.45) is 11.5 Å². The third kappa shape index (κ3) is 7.84. The lowest BCUT2D eigenvalue weighted by atomic mass is 10.2. The minimum atomic E-state index is -0.774. The lowest BCUT2D eigenvalue weighted by Gasteiger charge is -2.04. The zero-order valence-corrected chi connectivity index (χ0v) is 5.33. The van der Waals surface area contributed by atoms with Crippen molar-refractivity contribution in [1.29, 1.82) is 0 Å². The summed E-state index contributed by atoms with van der Waals surface area (Å²) in [6, 6.07) is 0. The van der Waals surface area contributed by atoms with Gasteiger partial charge in [0.05, 0.1) is 0 Å². The number of rotatable bonds is 4. The van der Waals surface area contributed by atoms with E-state index in [1.165, 1.54) is 0 Å². The molecule has 4 nitrogen and oxygen atoms in total. The lowest BCUT2D eigenvalue weighted by molar-refractivity contribution is 0.141. The second kappa shape index (κ2) is 4.69. The highest BCUT2D eigenvalue weighted by molar-refractivity contribution is 4.49. The highest BCUT2D eigenvalue weighted by Gasteiger charge is 1.98. The van der Waals surface area contributed by atoms with Crippen molar-refractivity contribution in [2.45, 2.75) is 31.7 Å². The van der Waals surface area contributed by atoms with Crippen molar-refractivity contribution in [3.63, 3.8) is 0 Å². The summed E-state index contributed by atoms with van der Waals surface area (Å²) >= 11 is 0. The molecule has 0 aromatic rings. The Morgan fingerprint density at radius 2 is 1.33 bits per heavy atom. The number of nitrogens with two attached hydrogens (primary N) is 2. The second-order valence-corrected chi connectivity index (χ2v) is 2.07. The van der Waals surface area contributed by atoms with Crippen LogP contribution < -0.4 is 11.5 Å². The Kier molecular flexibility index (Phi) is 4.61. The molecule has 0 saturated heterocycles. The van der Waals surface area contributed by atoms with Gasteiger partial charge in [-0.15, -0.1) is 0 Å². The molecule has 2 unspecified atom stereocenters. The van der Waals surface area contributed by atoms with Gasteiger partial charge in [-0.05, 0) is 19.3 Å². The van der Waals surface area contributed by atoms with E-state index in [0.717, 1.165) is 0 Å². The quantitative estimate of drug-likeness (QED) is 0.360. The van der Waals surface area contributed by atoms with Crippen LogP contribution in [0.4, 0.5) is 0 Å². The maximum atomic E-state index is 8.52. The average molecular weight is 134 g/mol. The highest BCUT2D eigenvalue weighted by atomic mass is 16.3. The van der Waals surface area contributed by atoms with E-state index in [-0.39, 0.29) is 0 Å². The van der Waals surface area contributed by atoms with Crippen LogP contribution in [0.3, 0.4) is 0 Å². The number of hydrogen-bond donors (Lipinski definition) is 4. The monoisotopic (exact) mass is 134 g/mol. The third-order valence-electron chi connectivity index (χ3n) is 1.000. The molecule has 0 rings (SSSR count). The van der Waals surface area contributed by atoms with Gasteiger partial charge >= 0.3 is 0 Å². The van der Waals surface area contributed by atoms with Crippen LogP contribution in [-0.2, 0) is 0 Å². The van der Waals surface area contributed by atoms with Gasteiger partial charge in [0.2, 0.25) is 0 Å². The van der Waals surface area contributed by atoms with E-state index in [9.17, 15) is 0 Å². The van der Waals surface area contributed by atoms with Gasteiger partial charge in [0.1, 0.15) is 12.5 Å². The Labute approximate surface area is 54.5 Å². The van der Waals surface area contributed by atoms with Crippen LogP contribution in [0.15, 0.2) is 0 Å². The van der Waals surface area contributed by atoms with Crippen molar-refractivity contribution in [1.82, 2.24) is 0 Å². The predicted octanol–water partition coefficient (Wildman–Crippen LogP) is -1.29. The number of aliphatic hydroxyl groups excluding tert-OH is 2. The molecule has 2 atom stereocenters. The first-order chi connectivity index (χ1) is 4.13. The SMILES string of the molecule is NC(O)CCCC(N)O. The number of hydrogen-bond acceptors (Lipinski definition) is 4. The predicted molar refractivity (Wildman–Crippen MR) is 34.2 cm³/mol. The second-order valence-electron chi connectivity index (χ2n) is 2.07. The molecule has 0 saturated carbocycles. The van der Waals surface area contributed by atoms with Crippen molar-refractivity contribution in [3.8, 4) is 0 Å². The Bertz CT molecular complexity index is 58.0. The van der Waals surface area contributed by atoms with Gasteiger partial charge in [-0.2, -0.15) is 0 Å². The van der Waals surface area contributed by atoms with E-state index in [1.807, 2.05) is 0 Å². The fraction of sp³-hybridized carbons (Fsp3) is 1.00. The molecule has 0 aliphatic carbocycles. The Morgan fingerprint density at radius 1 is 1.00 bits per heavy atom. The largest absolute Gasteiger partial charge is 0.379 e. The van der Waals surface area contributed by atoms with E-state index in [1.54, 1.807) is 0 Å². The highest BCUT2D eigenvalue weighted by Crippen LogP contribution is 1.97. The van der Waals surface area contributed by atoms with Crippen LogP contribution in [0.1, 0.15) is 19.3 Å². The van der Waals surface area contributed by atoms with E-state index in [4.69, 9.17) is 21.7 Å². The Morgan fingerprint density at radius 3 is 1.56 bits per heavy atom. The molecular formula is C5H14N2O2. The molecule has 0 bridgehead atoms. The summed E-state index contributed by atoms with van der Waals surface area (Å²) in [5.41, 5.74) is 10.0. The molecule has 0 heterocycles. The number of aliphatic hydroxyl groups is 2. The maximum absolute atomic E-state index is 8.52. The smallest absolute Gasteiger partial charge is 0.102 e. The summed E-state index contributed by atoms with van der Waals surface area (Å²) in [6.07, 6.45) is 0.102. The fourth-order valence-electron chi connectivity index (χ4n) is 0.536. The average Bonchev–Trinajstić information content (AvgIpc) is 1.63. The molecule has 0 aliphatic rings. The first-order valence-electron chi connectivity index (χ1n) is 3.00. The Balaban J connectivity index is 2.91. The molecule has 6 N–H and O–H groups in total. The molecule has 0 amide bonds. The first kappa shape index (κ1) is 8.84. The normalized spacial score (nSPS) is 17.3. The van der Waals surface area contributed by atoms with Crippen molar-refractivity contribution in [2.75, 3.05) is 0 Å². The molecule has 9 heavy (non-hydrogen) atoms. The van der Waals surface area contributed by atoms with Crippen LogP contribution in [0.2, 0.25) is 0 Å². The fourth-order valence-corrected chi connectivity index (χ4v) is 0.536. The molecule has 0 aromatic heterocycles. The maximum Gasteiger partial charge on any atom is 0.102 e. The van der Waals surface area contributed by atoms with Crippen molar-refractivity contribution in [3.05, 3.63) is 0 Å². The van der Waals surface area contributed by atoms with Crippen molar-refractivity contribution >= 4 is 0 Å². The minimum absolute atomic E-state index is 0.494. The molecule has 56 valence electrons. The van der Waals surface area contributed by atoms with Crippen LogP contribution in [-0.4, -0.2) is 22.7 Å². The van der Waals surface area contributed by atoms with Crippen LogP contribution in [0.5, 0.6) is 0 Å². The van der Waals surface area contributed by atoms with Crippen molar-refractivity contribution < 1.29 is 10.2 Å². The minimum Gasteiger partial charge on any atom is -0.379 e. The molecule has 0 radical (unpaired) electrons. The third-order valence-corrected chi connectivity index (χ3v) is 1.000. The standard InChI is InChI=1S/C5H14N2O2/c6-4(8)2-1-3-5(7)9/h4-5,8-9H,1-3,6-7H2. The zero-order valence-electron chi connectivity index (χ0n) is 5.33. The molecule has 4 heteroatoms. The van der Waals surface area contributed by atoms with Crippen LogP contribution in [0.25, 0.3) is 0 Å². The van der Waals surface area contributed by atoms with Gasteiger partial charge in [-0.1, -0.05) is 0 Å². The summed E-state index contributed by atoms with van der Waals surface area (Å²) in [4.78, 5) is 0. The van der Waals surface area contributed by atoms with Gasteiger partial charge < -0.3 is 21.7 Å². The van der Waals surface area contributed by atoms with Gasteiger partial charge in [0.15, 0.2) is 0 Å². The molecule has 0 fully saturated rings. The van der Waals surface area contributed by atoms with Gasteiger partial charge in [0, 0.05) is 0 Å². The van der Waals surface area contributed by atoms with Gasteiger partial charge in [-0.3, -0.25) is 0 Å². The summed E-state index contributed by atoms with van der Waals surface area (Å²) < 4.78 is 0. The Hall–Kier alpha value is -0.160. The molecule has 0 spiro atoms. The van der Waals surface area contributed by atoms with E-state index >= 15 is 0 Å². The van der Waals surface area contributed by atoms with Crippen LogP contribution >= 0.6 is 0 Å². The van der Waals surface area contributed by atoms with Gasteiger partial charge in [0.25, 0.3) is 0 Å². The topological polar surface area (TPSA) is 92.5 Å². The van der Waals surface area contributed by atoms with E-state index in [0.29, 0.717) is 19.3 Å². The summed E-state index contributed by atoms with van der Waals surface area (Å²) in [7, 11) is 0. The lowest BCUT2D eigenvalue weighted by Crippen LogP contribution is -2.22. The van der Waals surface area contributed by atoms with Crippen LogP contribution in [0, 0.1) is 0 Å². The summed E-state index contributed by atoms with van der Waals surface area (Å²) in [5, 5.41) is 17.0. The zero-order chi connectivity index (χ0) is 7.28. The molecular weight excluding hydrogens is 120 g/mol. The molecule has 0 aromatic carbocycles. The van der Waals surface area contributed by atoms with E-state index < -0.39 is 12.5 Å². The van der Waals surface area contributed by atoms with Gasteiger partial charge in [-0.25, -0.2) is 0 Å².